The van der Waals surface area contributed by atoms with Crippen molar-refractivity contribution in [3.05, 3.63) is 41.4 Å². The van der Waals surface area contributed by atoms with Crippen LogP contribution >= 0.6 is 11.3 Å². The predicted octanol–water partition coefficient (Wildman–Crippen LogP) is 3.59. The monoisotopic (exact) mass is 262 g/mol. The highest BCUT2D eigenvalue weighted by Crippen LogP contribution is 2.15. The maximum Gasteiger partial charge on any atom is 0.182 e. The van der Waals surface area contributed by atoms with Crippen LogP contribution in [-0.2, 0) is 6.42 Å². The van der Waals surface area contributed by atoms with Crippen molar-refractivity contribution < 1.29 is 4.74 Å². The number of para-hydroxylation sites is 1. The second-order valence-corrected chi connectivity index (χ2v) is 4.80. The van der Waals surface area contributed by atoms with Crippen molar-refractivity contribution in [3.8, 4) is 5.75 Å². The first-order chi connectivity index (χ1) is 8.88. The summed E-state index contributed by atoms with van der Waals surface area (Å²) in [6, 6.07) is 9.90. The zero-order chi connectivity index (χ0) is 12.6. The number of thiazole rings is 1. The maximum absolute atomic E-state index is 5.61. The third-order valence-electron chi connectivity index (χ3n) is 2.52. The summed E-state index contributed by atoms with van der Waals surface area (Å²) >= 11 is 1.67. The highest BCUT2D eigenvalue weighted by Gasteiger charge is 1.99. The number of aromatic nitrogens is 1. The van der Waals surface area contributed by atoms with Crippen LogP contribution < -0.4 is 10.1 Å². The molecule has 1 heterocycles. The molecule has 0 saturated carbocycles. The Morgan fingerprint density at radius 2 is 2.11 bits per heavy atom. The van der Waals surface area contributed by atoms with Crippen LogP contribution in [-0.4, -0.2) is 18.1 Å². The third-order valence-corrected chi connectivity index (χ3v) is 3.37. The molecule has 0 unspecified atom stereocenters. The van der Waals surface area contributed by atoms with Crippen molar-refractivity contribution in [2.45, 2.75) is 19.8 Å². The predicted molar refractivity (Wildman–Crippen MR) is 76.5 cm³/mol. The van der Waals surface area contributed by atoms with E-state index in [1.807, 2.05) is 30.3 Å². The number of hydrogen-bond donors (Lipinski definition) is 1. The van der Waals surface area contributed by atoms with Gasteiger partial charge in [-0.3, -0.25) is 0 Å². The highest BCUT2D eigenvalue weighted by atomic mass is 32.1. The standard InChI is InChI=1S/C14H18N2OS/c1-2-12-11-18-14(16-12)15-9-6-10-17-13-7-4-3-5-8-13/h3-5,7-8,11H,2,6,9-10H2,1H3,(H,15,16). The quantitative estimate of drug-likeness (QED) is 0.774. The molecule has 0 aliphatic carbocycles. The second-order valence-electron chi connectivity index (χ2n) is 3.94. The molecule has 0 spiro atoms. The molecule has 4 heteroatoms. The molecule has 2 aromatic rings. The van der Waals surface area contributed by atoms with Gasteiger partial charge in [-0.15, -0.1) is 11.3 Å². The van der Waals surface area contributed by atoms with Crippen molar-refractivity contribution >= 4 is 16.5 Å². The topological polar surface area (TPSA) is 34.1 Å². The Morgan fingerprint density at radius 1 is 1.28 bits per heavy atom. The number of aryl methyl sites for hydroxylation is 1. The summed E-state index contributed by atoms with van der Waals surface area (Å²) in [6.07, 6.45) is 1.96. The van der Waals surface area contributed by atoms with Crippen LogP contribution in [0.25, 0.3) is 0 Å². The molecule has 2 rings (SSSR count). The van der Waals surface area contributed by atoms with Crippen LogP contribution in [0.1, 0.15) is 19.0 Å². The van der Waals surface area contributed by atoms with Gasteiger partial charge in [-0.2, -0.15) is 0 Å². The lowest BCUT2D eigenvalue weighted by Crippen LogP contribution is -2.07. The van der Waals surface area contributed by atoms with Gasteiger partial charge in [0.15, 0.2) is 5.13 Å². The van der Waals surface area contributed by atoms with Gasteiger partial charge in [0, 0.05) is 11.9 Å². The number of anilines is 1. The lowest BCUT2D eigenvalue weighted by atomic mass is 10.3. The largest absolute Gasteiger partial charge is 0.494 e. The van der Waals surface area contributed by atoms with E-state index < -0.39 is 0 Å². The van der Waals surface area contributed by atoms with Gasteiger partial charge < -0.3 is 10.1 Å². The Labute approximate surface area is 112 Å². The maximum atomic E-state index is 5.61. The van der Waals surface area contributed by atoms with Crippen molar-refractivity contribution in [1.29, 1.82) is 0 Å². The van der Waals surface area contributed by atoms with Gasteiger partial charge >= 0.3 is 0 Å². The first-order valence-corrected chi connectivity index (χ1v) is 7.12. The number of benzene rings is 1. The van der Waals surface area contributed by atoms with Gasteiger partial charge in [0.05, 0.1) is 12.3 Å². The van der Waals surface area contributed by atoms with E-state index in [0.29, 0.717) is 0 Å². The van der Waals surface area contributed by atoms with Crippen molar-refractivity contribution in [3.63, 3.8) is 0 Å². The number of nitrogens with one attached hydrogen (secondary N) is 1. The average molecular weight is 262 g/mol. The van der Waals surface area contributed by atoms with Crippen LogP contribution in [0.2, 0.25) is 0 Å². The molecule has 0 saturated heterocycles. The first-order valence-electron chi connectivity index (χ1n) is 6.24. The SMILES string of the molecule is CCc1csc(NCCCOc2ccccc2)n1. The highest BCUT2D eigenvalue weighted by molar-refractivity contribution is 7.13. The van der Waals surface area contributed by atoms with Gasteiger partial charge in [-0.1, -0.05) is 25.1 Å². The molecule has 0 fully saturated rings. The van der Waals surface area contributed by atoms with E-state index >= 15 is 0 Å². The van der Waals surface area contributed by atoms with Crippen LogP contribution in [0.4, 0.5) is 5.13 Å². The van der Waals surface area contributed by atoms with Gasteiger partial charge in [0.2, 0.25) is 0 Å². The van der Waals surface area contributed by atoms with Gasteiger partial charge in [0.1, 0.15) is 5.75 Å². The van der Waals surface area contributed by atoms with E-state index in [1.165, 1.54) is 0 Å². The Morgan fingerprint density at radius 3 is 2.83 bits per heavy atom. The summed E-state index contributed by atoms with van der Waals surface area (Å²) in [5.41, 5.74) is 1.16. The molecule has 18 heavy (non-hydrogen) atoms. The second kappa shape index (κ2) is 7.01. The van der Waals surface area contributed by atoms with E-state index in [0.717, 1.165) is 42.6 Å². The van der Waals surface area contributed by atoms with Crippen molar-refractivity contribution in [1.82, 2.24) is 4.98 Å². The summed E-state index contributed by atoms with van der Waals surface area (Å²) in [5.74, 6) is 0.931. The fraction of sp³-hybridized carbons (Fsp3) is 0.357. The molecule has 0 aliphatic heterocycles. The van der Waals surface area contributed by atoms with E-state index in [1.54, 1.807) is 11.3 Å². The molecule has 0 atom stereocenters. The van der Waals surface area contributed by atoms with Crippen molar-refractivity contribution in [2.75, 3.05) is 18.5 Å². The van der Waals surface area contributed by atoms with Gasteiger partial charge in [0.25, 0.3) is 0 Å². The molecule has 0 amide bonds. The zero-order valence-electron chi connectivity index (χ0n) is 10.6. The molecular weight excluding hydrogens is 244 g/mol. The minimum absolute atomic E-state index is 0.725. The minimum Gasteiger partial charge on any atom is -0.494 e. The average Bonchev–Trinajstić information content (AvgIpc) is 2.87. The van der Waals surface area contributed by atoms with Crippen LogP contribution in [0, 0.1) is 0 Å². The summed E-state index contributed by atoms with van der Waals surface area (Å²) in [6.45, 7) is 3.74. The summed E-state index contributed by atoms with van der Waals surface area (Å²) < 4.78 is 5.61. The van der Waals surface area contributed by atoms with Crippen molar-refractivity contribution in [2.24, 2.45) is 0 Å². The van der Waals surface area contributed by atoms with E-state index in [2.05, 4.69) is 22.6 Å². The van der Waals surface area contributed by atoms with E-state index in [9.17, 15) is 0 Å². The Balaban J connectivity index is 1.61. The normalized spacial score (nSPS) is 10.3. The summed E-state index contributed by atoms with van der Waals surface area (Å²) in [4.78, 5) is 4.45. The molecule has 0 aliphatic rings. The number of hydrogen-bond acceptors (Lipinski definition) is 4. The number of nitrogens with zero attached hydrogens (tertiary/aromatic N) is 1. The van der Waals surface area contributed by atoms with Crippen LogP contribution in [0.15, 0.2) is 35.7 Å². The number of ether oxygens (including phenoxy) is 1. The molecule has 1 N–H and O–H groups in total. The molecular formula is C14H18N2OS. The Bertz CT molecular complexity index is 456. The summed E-state index contributed by atoms with van der Waals surface area (Å²) in [5, 5.41) is 6.42. The lowest BCUT2D eigenvalue weighted by molar-refractivity contribution is 0.315. The zero-order valence-corrected chi connectivity index (χ0v) is 11.4. The number of rotatable bonds is 7. The van der Waals surface area contributed by atoms with E-state index in [-0.39, 0.29) is 0 Å². The fourth-order valence-corrected chi connectivity index (χ4v) is 2.35. The van der Waals surface area contributed by atoms with Crippen LogP contribution in [0.5, 0.6) is 5.75 Å². The molecule has 96 valence electrons. The Hall–Kier alpha value is -1.55. The third kappa shape index (κ3) is 4.04. The minimum atomic E-state index is 0.725. The molecule has 0 bridgehead atoms. The lowest BCUT2D eigenvalue weighted by Gasteiger charge is -2.06. The molecule has 1 aromatic heterocycles. The fourth-order valence-electron chi connectivity index (χ4n) is 1.52. The molecule has 0 radical (unpaired) electrons. The smallest absolute Gasteiger partial charge is 0.182 e. The Kier molecular flexibility index (Phi) is 5.02. The summed E-state index contributed by atoms with van der Waals surface area (Å²) in [7, 11) is 0. The molecule has 3 nitrogen and oxygen atoms in total. The molecule has 1 aromatic carbocycles. The van der Waals surface area contributed by atoms with Gasteiger partial charge in [-0.05, 0) is 25.0 Å². The van der Waals surface area contributed by atoms with Crippen LogP contribution in [0.3, 0.4) is 0 Å². The van der Waals surface area contributed by atoms with Gasteiger partial charge in [-0.25, -0.2) is 4.98 Å². The first kappa shape index (κ1) is 12.9. The van der Waals surface area contributed by atoms with E-state index in [4.69, 9.17) is 4.74 Å².